The van der Waals surface area contributed by atoms with Gasteiger partial charge in [0.15, 0.2) is 5.78 Å². The summed E-state index contributed by atoms with van der Waals surface area (Å²) in [5.74, 6) is 5.66. The number of benzene rings is 2. The van der Waals surface area contributed by atoms with Crippen molar-refractivity contribution < 1.29 is 23.8 Å². The highest BCUT2D eigenvalue weighted by Gasteiger charge is 2.31. The number of carboxylic acid groups (broad SMARTS) is 1. The van der Waals surface area contributed by atoms with Crippen LogP contribution in [-0.2, 0) is 4.79 Å². The van der Waals surface area contributed by atoms with Crippen molar-refractivity contribution in [3.05, 3.63) is 71.7 Å². The molecule has 1 saturated heterocycles. The highest BCUT2D eigenvalue weighted by atomic mass is 19.1. The molecule has 6 nitrogen and oxygen atoms in total. The molecule has 1 aromatic heterocycles. The number of carboxylic acids is 1. The maximum Gasteiger partial charge on any atom is 0.303 e. The second-order valence-corrected chi connectivity index (χ2v) is 9.16. The SMILES string of the molecule is COc1ccc2nccc(C(=O)CC[C@@H]3CCN(CC#Cc4cccc(F)c4)C[C@@H]3CC(=O)O)c2c1. The van der Waals surface area contributed by atoms with Crippen LogP contribution in [0.2, 0.25) is 0 Å². The number of aliphatic carboxylic acids is 1. The van der Waals surface area contributed by atoms with E-state index in [2.05, 4.69) is 21.7 Å². The molecule has 2 heterocycles. The zero-order valence-electron chi connectivity index (χ0n) is 20.2. The van der Waals surface area contributed by atoms with Crippen LogP contribution in [0.15, 0.2) is 54.7 Å². The third kappa shape index (κ3) is 6.46. The molecule has 0 unspecified atom stereocenters. The van der Waals surface area contributed by atoms with Gasteiger partial charge in [-0.15, -0.1) is 0 Å². The Morgan fingerprint density at radius 3 is 2.83 bits per heavy atom. The Kier molecular flexibility index (Phi) is 8.29. The minimum Gasteiger partial charge on any atom is -0.497 e. The number of hydrogen-bond donors (Lipinski definition) is 1. The number of hydrogen-bond acceptors (Lipinski definition) is 5. The van der Waals surface area contributed by atoms with Crippen molar-refractivity contribution in [3.8, 4) is 17.6 Å². The van der Waals surface area contributed by atoms with Gasteiger partial charge in [0.05, 0.1) is 19.2 Å². The summed E-state index contributed by atoms with van der Waals surface area (Å²) in [7, 11) is 1.58. The number of Topliss-reactive ketones (excluding diaryl/α,β-unsaturated/α-hetero) is 1. The molecule has 0 radical (unpaired) electrons. The fraction of sp³-hybridized carbons (Fsp3) is 0.345. The Morgan fingerprint density at radius 1 is 1.19 bits per heavy atom. The predicted octanol–water partition coefficient (Wildman–Crippen LogP) is 4.81. The number of halogens is 1. The first-order valence-corrected chi connectivity index (χ1v) is 12.1. The van der Waals surface area contributed by atoms with Gasteiger partial charge in [0.2, 0.25) is 0 Å². The van der Waals surface area contributed by atoms with Gasteiger partial charge in [-0.2, -0.15) is 0 Å². The molecular formula is C29H29FN2O4. The Hall–Kier alpha value is -3.76. The number of carbonyl (C=O) groups is 2. The molecule has 0 amide bonds. The number of nitrogens with zero attached hydrogens (tertiary/aromatic N) is 2. The summed E-state index contributed by atoms with van der Waals surface area (Å²) in [6.45, 7) is 1.88. The summed E-state index contributed by atoms with van der Waals surface area (Å²) in [6, 6.07) is 13.4. The molecule has 0 aliphatic carbocycles. The lowest BCUT2D eigenvalue weighted by molar-refractivity contribution is -0.139. The van der Waals surface area contributed by atoms with Gasteiger partial charge in [-0.25, -0.2) is 4.39 Å². The summed E-state index contributed by atoms with van der Waals surface area (Å²) >= 11 is 0. The zero-order valence-corrected chi connectivity index (χ0v) is 20.2. The lowest BCUT2D eigenvalue weighted by Crippen LogP contribution is -2.41. The van der Waals surface area contributed by atoms with Gasteiger partial charge in [-0.05, 0) is 73.7 Å². The summed E-state index contributed by atoms with van der Waals surface area (Å²) in [5.41, 5.74) is 1.96. The molecule has 1 aliphatic rings. The highest BCUT2D eigenvalue weighted by Crippen LogP contribution is 2.31. The van der Waals surface area contributed by atoms with E-state index in [9.17, 15) is 19.1 Å². The van der Waals surface area contributed by atoms with Crippen LogP contribution in [0.5, 0.6) is 5.75 Å². The number of rotatable bonds is 8. The van der Waals surface area contributed by atoms with Crippen molar-refractivity contribution in [3.63, 3.8) is 0 Å². The maximum atomic E-state index is 13.3. The van der Waals surface area contributed by atoms with Crippen molar-refractivity contribution >= 4 is 22.7 Å². The maximum absolute atomic E-state index is 13.3. The molecule has 186 valence electrons. The Morgan fingerprint density at radius 2 is 2.06 bits per heavy atom. The van der Waals surface area contributed by atoms with Gasteiger partial charge in [0.1, 0.15) is 11.6 Å². The van der Waals surface area contributed by atoms with Gasteiger partial charge >= 0.3 is 5.97 Å². The molecule has 2 aromatic carbocycles. The topological polar surface area (TPSA) is 79.7 Å². The van der Waals surface area contributed by atoms with E-state index in [1.807, 2.05) is 18.2 Å². The monoisotopic (exact) mass is 488 g/mol. The molecule has 0 saturated carbocycles. The second-order valence-electron chi connectivity index (χ2n) is 9.16. The summed E-state index contributed by atoms with van der Waals surface area (Å²) < 4.78 is 18.7. The Balaban J connectivity index is 1.39. The van der Waals surface area contributed by atoms with Crippen LogP contribution in [0.1, 0.15) is 41.6 Å². The van der Waals surface area contributed by atoms with Crippen molar-refractivity contribution in [1.29, 1.82) is 0 Å². The number of ketones is 1. The molecule has 0 spiro atoms. The second kappa shape index (κ2) is 11.8. The number of aromatic nitrogens is 1. The third-order valence-electron chi connectivity index (χ3n) is 6.76. The lowest BCUT2D eigenvalue weighted by Gasteiger charge is -2.37. The first-order chi connectivity index (χ1) is 17.4. The summed E-state index contributed by atoms with van der Waals surface area (Å²) in [6.07, 6.45) is 3.47. The van der Waals surface area contributed by atoms with E-state index in [1.165, 1.54) is 12.1 Å². The van der Waals surface area contributed by atoms with Crippen LogP contribution in [0, 0.1) is 29.5 Å². The van der Waals surface area contributed by atoms with E-state index >= 15 is 0 Å². The number of piperidine rings is 1. The minimum atomic E-state index is -0.837. The number of likely N-dealkylation sites (tertiary alicyclic amines) is 1. The molecule has 3 aromatic rings. The van der Waals surface area contributed by atoms with Gasteiger partial charge in [-0.1, -0.05) is 17.9 Å². The van der Waals surface area contributed by atoms with Crippen LogP contribution < -0.4 is 4.74 Å². The third-order valence-corrected chi connectivity index (χ3v) is 6.76. The smallest absolute Gasteiger partial charge is 0.303 e. The van der Waals surface area contributed by atoms with Crippen LogP contribution in [-0.4, -0.2) is 53.5 Å². The molecule has 4 rings (SSSR count). The van der Waals surface area contributed by atoms with E-state index in [1.54, 1.807) is 31.5 Å². The van der Waals surface area contributed by atoms with E-state index in [4.69, 9.17) is 4.74 Å². The molecule has 2 atom stereocenters. The van der Waals surface area contributed by atoms with E-state index in [-0.39, 0.29) is 29.9 Å². The number of carbonyl (C=O) groups excluding carboxylic acids is 1. The van der Waals surface area contributed by atoms with Crippen molar-refractivity contribution in [2.45, 2.75) is 25.7 Å². The number of ether oxygens (including phenoxy) is 1. The highest BCUT2D eigenvalue weighted by molar-refractivity contribution is 6.07. The largest absolute Gasteiger partial charge is 0.497 e. The van der Waals surface area contributed by atoms with Crippen molar-refractivity contribution in [1.82, 2.24) is 9.88 Å². The first-order valence-electron chi connectivity index (χ1n) is 12.1. The summed E-state index contributed by atoms with van der Waals surface area (Å²) in [4.78, 5) is 31.2. The quantitative estimate of drug-likeness (QED) is 0.362. The summed E-state index contributed by atoms with van der Waals surface area (Å²) in [5, 5.41) is 10.2. The van der Waals surface area contributed by atoms with Crippen LogP contribution >= 0.6 is 0 Å². The number of fused-ring (bicyclic) bond motifs is 1. The van der Waals surface area contributed by atoms with Gasteiger partial charge in [0, 0.05) is 42.1 Å². The molecule has 1 fully saturated rings. The first kappa shape index (κ1) is 25.3. The molecule has 0 bridgehead atoms. The van der Waals surface area contributed by atoms with Crippen LogP contribution in [0.3, 0.4) is 0 Å². The van der Waals surface area contributed by atoms with Gasteiger partial charge < -0.3 is 9.84 Å². The fourth-order valence-electron chi connectivity index (χ4n) is 4.90. The Labute approximate surface area is 210 Å². The average Bonchev–Trinajstić information content (AvgIpc) is 2.87. The van der Waals surface area contributed by atoms with Crippen LogP contribution in [0.4, 0.5) is 4.39 Å². The standard InChI is InChI=1S/C29H29FN2O4/c1-36-24-8-9-27-26(18-24)25(11-13-31-27)28(33)10-7-21-12-15-32(19-22(21)17-29(34)35)14-3-5-20-4-2-6-23(30)16-20/h2,4,6,8-9,11,13,16,18,21-22H,7,10,12,14-15,17,19H2,1H3,(H,34,35)/t21-,22+/m1/s1. The van der Waals surface area contributed by atoms with Crippen molar-refractivity contribution in [2.75, 3.05) is 26.7 Å². The normalized spacial score (nSPS) is 17.8. The zero-order chi connectivity index (χ0) is 25.5. The minimum absolute atomic E-state index is 0.0214. The number of methoxy groups -OCH3 is 1. The van der Waals surface area contributed by atoms with Gasteiger partial charge in [0.25, 0.3) is 0 Å². The molecule has 36 heavy (non-hydrogen) atoms. The number of pyridine rings is 1. The van der Waals surface area contributed by atoms with Gasteiger partial charge in [-0.3, -0.25) is 19.5 Å². The predicted molar refractivity (Wildman–Crippen MR) is 135 cm³/mol. The average molecular weight is 489 g/mol. The Bertz CT molecular complexity index is 1310. The molecule has 7 heteroatoms. The van der Waals surface area contributed by atoms with E-state index in [0.717, 1.165) is 23.9 Å². The molecule has 1 aliphatic heterocycles. The van der Waals surface area contributed by atoms with Crippen LogP contribution in [0.25, 0.3) is 10.9 Å². The van der Waals surface area contributed by atoms with E-state index in [0.29, 0.717) is 42.8 Å². The molecule has 1 N–H and O–H groups in total. The van der Waals surface area contributed by atoms with E-state index < -0.39 is 5.97 Å². The fourth-order valence-corrected chi connectivity index (χ4v) is 4.90. The lowest BCUT2D eigenvalue weighted by atomic mass is 9.79. The molecular weight excluding hydrogens is 459 g/mol. The van der Waals surface area contributed by atoms with Crippen molar-refractivity contribution in [2.24, 2.45) is 11.8 Å².